The molecule has 4 aromatic heterocycles. The van der Waals surface area contributed by atoms with Gasteiger partial charge in [-0.1, -0.05) is 15.6 Å². The fourth-order valence-corrected chi connectivity index (χ4v) is 12.0. The zero-order valence-corrected chi connectivity index (χ0v) is 47.4. The van der Waals surface area contributed by atoms with Gasteiger partial charge in [0, 0.05) is 68.5 Å². The molecular formula is C54H81N19O12. The second-order valence-electron chi connectivity index (χ2n) is 23.1. The first-order valence-corrected chi connectivity index (χ1v) is 29.2. The fourth-order valence-electron chi connectivity index (χ4n) is 12.0. The van der Waals surface area contributed by atoms with Gasteiger partial charge in [0.1, 0.15) is 72.8 Å². The number of H-pyrrole nitrogens is 1. The first-order chi connectivity index (χ1) is 41.0. The zero-order chi connectivity index (χ0) is 59.6. The maximum absolute atomic E-state index is 11.9. The van der Waals surface area contributed by atoms with Gasteiger partial charge >= 0.3 is 0 Å². The van der Waals surface area contributed by atoms with Crippen LogP contribution in [0.5, 0.6) is 5.75 Å². The van der Waals surface area contributed by atoms with Crippen LogP contribution >= 0.6 is 0 Å². The number of rotatable bonds is 26. The van der Waals surface area contributed by atoms with E-state index in [9.17, 15) is 35.7 Å². The number of aromatic amines is 1. The summed E-state index contributed by atoms with van der Waals surface area (Å²) in [6, 6.07) is 9.55. The first kappa shape index (κ1) is 60.9. The van der Waals surface area contributed by atoms with Crippen LogP contribution in [-0.2, 0) is 58.0 Å². The van der Waals surface area contributed by atoms with Gasteiger partial charge in [0.15, 0.2) is 12.6 Å². The van der Waals surface area contributed by atoms with Crippen LogP contribution in [0.1, 0.15) is 42.8 Å². The number of likely N-dealkylation sites (N-methyl/N-ethyl adjacent to an activating group) is 1. The standard InChI is InChI=1S/C54H81N19O12/c1-68-14-16-69(17-15-68)32-8-11-36-37(20-32)61-51(60-36)28-6-9-33(10-7-28)81-27-31-25-71(66-64-31)19-18-70-23-29(62-65-70)4-2-3-5-30-24-72(67-63-30)26-40-49(84-53(80)41(59)45(76)38(74)12-13-55)48(79)54(83-40)85-50-42(34(57)21-35(58)44(50)75)73-43-47(78)46(77)39(22-56)82-52(43)73/h6-11,20,23-25,34-35,38-50,52-54,74-80H,2-5,12-19,21-22,26-27,55-59H2,1H3,(H,60,61)/t34?,35-,38-,39?,40?,41?,42-,43?,44-,45?,46-,47-,48+,49+,50?,52+,53-,54?,73?/m1/s1. The molecule has 9 unspecified atom stereocenters. The first-order valence-electron chi connectivity index (χ1n) is 29.2. The molecule has 19 atom stereocenters. The average molecular weight is 1190 g/mol. The molecule has 5 aliphatic rings. The van der Waals surface area contributed by atoms with Crippen LogP contribution in [0.25, 0.3) is 22.4 Å². The van der Waals surface area contributed by atoms with Gasteiger partial charge in [-0.25, -0.2) is 9.67 Å². The number of nitrogens with two attached hydrogens (primary N) is 5. The third kappa shape index (κ3) is 13.7. The van der Waals surface area contributed by atoms with Gasteiger partial charge in [0.2, 0.25) is 0 Å². The maximum atomic E-state index is 11.9. The van der Waals surface area contributed by atoms with E-state index in [0.717, 1.165) is 67.1 Å². The Morgan fingerprint density at radius 1 is 0.741 bits per heavy atom. The number of hydrogen-bond donors (Lipinski definition) is 13. The molecular weight excluding hydrogens is 1110 g/mol. The maximum Gasteiger partial charge on any atom is 0.187 e. The Labute approximate surface area is 489 Å². The lowest BCUT2D eigenvalue weighted by atomic mass is 9.82. The largest absolute Gasteiger partial charge is 0.487 e. The van der Waals surface area contributed by atoms with Crippen molar-refractivity contribution in [3.63, 3.8) is 0 Å². The van der Waals surface area contributed by atoms with Crippen molar-refractivity contribution in [3.05, 3.63) is 78.1 Å². The Morgan fingerprint density at radius 2 is 1.41 bits per heavy atom. The summed E-state index contributed by atoms with van der Waals surface area (Å²) in [5.41, 5.74) is 36.8. The van der Waals surface area contributed by atoms with Crippen molar-refractivity contribution in [1.29, 1.82) is 0 Å². The highest BCUT2D eigenvalue weighted by atomic mass is 16.7. The van der Waals surface area contributed by atoms with Crippen molar-refractivity contribution < 1.29 is 59.4 Å². The number of aryl methyl sites for hydroxylation is 4. The van der Waals surface area contributed by atoms with Gasteiger partial charge in [-0.15, -0.1) is 15.3 Å². The Balaban J connectivity index is 0.646. The molecule has 0 bridgehead atoms. The quantitative estimate of drug-likeness (QED) is 0.0137. The fraction of sp³-hybridized carbons (Fsp3) is 0.648. The van der Waals surface area contributed by atoms with E-state index in [1.807, 2.05) is 36.7 Å². The minimum absolute atomic E-state index is 0.0116. The van der Waals surface area contributed by atoms with Gasteiger partial charge in [-0.05, 0) is 94.6 Å². The number of nitrogens with zero attached hydrogens (tertiary/aromatic N) is 13. The van der Waals surface area contributed by atoms with E-state index < -0.39 is 110 Å². The number of nitrogens with one attached hydrogen (secondary N) is 1. The molecule has 4 saturated heterocycles. The molecule has 31 heteroatoms. The minimum Gasteiger partial charge on any atom is -0.487 e. The Bertz CT molecular complexity index is 3090. The van der Waals surface area contributed by atoms with Crippen LogP contribution in [0.3, 0.4) is 0 Å². The molecule has 1 saturated carbocycles. The number of ether oxygens (including phenoxy) is 5. The lowest BCUT2D eigenvalue weighted by molar-refractivity contribution is -0.232. The second kappa shape index (κ2) is 26.7. The van der Waals surface area contributed by atoms with Crippen molar-refractivity contribution >= 4 is 16.7 Å². The zero-order valence-electron chi connectivity index (χ0n) is 47.4. The molecule has 11 rings (SSSR count). The van der Waals surface area contributed by atoms with E-state index in [2.05, 4.69) is 71.0 Å². The number of aliphatic hydroxyl groups is 7. The normalized spacial score (nSPS) is 31.3. The van der Waals surface area contributed by atoms with Gasteiger partial charge in [0.25, 0.3) is 0 Å². The van der Waals surface area contributed by atoms with Crippen molar-refractivity contribution in [2.45, 2.75) is 175 Å². The van der Waals surface area contributed by atoms with Crippen LogP contribution in [0, 0.1) is 0 Å². The molecule has 85 heavy (non-hydrogen) atoms. The van der Waals surface area contributed by atoms with Gasteiger partial charge in [-0.2, -0.15) is 0 Å². The number of aliphatic hydroxyl groups excluding tert-OH is 7. The van der Waals surface area contributed by atoms with E-state index in [-0.39, 0.29) is 39.1 Å². The van der Waals surface area contributed by atoms with Crippen molar-refractivity contribution in [2.24, 2.45) is 28.7 Å². The molecule has 0 amide bonds. The lowest BCUT2D eigenvalue weighted by Gasteiger charge is -2.44. The summed E-state index contributed by atoms with van der Waals surface area (Å²) in [6.07, 6.45) is -8.92. The highest BCUT2D eigenvalue weighted by Crippen LogP contribution is 2.46. The van der Waals surface area contributed by atoms with E-state index in [0.29, 0.717) is 43.1 Å². The Morgan fingerprint density at radius 3 is 2.11 bits per heavy atom. The number of imidazole rings is 1. The lowest BCUT2D eigenvalue weighted by Crippen LogP contribution is -2.65. The topological polar surface area (TPSA) is 448 Å². The Hall–Kier alpha value is -5.79. The van der Waals surface area contributed by atoms with Crippen LogP contribution in [0.15, 0.2) is 61.1 Å². The number of anilines is 1. The molecule has 464 valence electrons. The number of piperazine rings is 1. The van der Waals surface area contributed by atoms with E-state index in [1.54, 1.807) is 20.5 Å². The van der Waals surface area contributed by atoms with Gasteiger partial charge in [0.05, 0.1) is 84.7 Å². The third-order valence-electron chi connectivity index (χ3n) is 17.0. The summed E-state index contributed by atoms with van der Waals surface area (Å²) in [4.78, 5) is 14.8. The molecule has 0 spiro atoms. The van der Waals surface area contributed by atoms with E-state index >= 15 is 0 Å². The van der Waals surface area contributed by atoms with Crippen molar-refractivity contribution in [2.75, 3.05) is 51.2 Å². The number of fused-ring (bicyclic) bond motifs is 2. The molecule has 8 heterocycles. The molecule has 6 aromatic rings. The van der Waals surface area contributed by atoms with E-state index in [4.69, 9.17) is 57.3 Å². The van der Waals surface area contributed by atoms with Crippen LogP contribution < -0.4 is 38.3 Å². The number of unbranched alkanes of at least 4 members (excludes halogenated alkanes) is 1. The van der Waals surface area contributed by atoms with Crippen LogP contribution in [0.4, 0.5) is 5.69 Å². The number of aromatic nitrogens is 11. The van der Waals surface area contributed by atoms with Gasteiger partial charge < -0.3 is 103 Å². The minimum atomic E-state index is -1.93. The highest BCUT2D eigenvalue weighted by molar-refractivity contribution is 5.83. The average Bonchev–Trinajstić information content (AvgIpc) is 1.61. The third-order valence-corrected chi connectivity index (χ3v) is 17.0. The predicted molar refractivity (Wildman–Crippen MR) is 302 cm³/mol. The molecule has 4 aliphatic heterocycles. The van der Waals surface area contributed by atoms with Crippen LogP contribution in [-0.4, -0.2) is 257 Å². The summed E-state index contributed by atoms with van der Waals surface area (Å²) < 4.78 is 35.6. The summed E-state index contributed by atoms with van der Waals surface area (Å²) in [5.74, 6) is 1.50. The van der Waals surface area contributed by atoms with Gasteiger partial charge in [-0.3, -0.25) is 14.3 Å². The monoisotopic (exact) mass is 1190 g/mol. The summed E-state index contributed by atoms with van der Waals surface area (Å²) in [7, 11) is 2.16. The van der Waals surface area contributed by atoms with E-state index in [1.165, 1.54) is 10.4 Å². The summed E-state index contributed by atoms with van der Waals surface area (Å²) in [5, 5.41) is 103. The number of hydrogen-bond acceptors (Lipinski definition) is 27. The SMILES string of the molecule is CN1CCN(c2ccc3nc(-c4ccc(OCc5cn(CCn6cc(CCCCc7cn(CC8OC(OC9[C@H](N%10C%11[C@@H](O)[C@H](O)C(CN)O[C@@H]%11%10)C(N)C[C@@H](N)[C@H]9O)[C@@H](O)[C@H]8O[C@@H](O)C(N)C(O)[C@H](O)CCN)nn7)nn6)nn5)cc4)[nH]c3c2)CC1. The summed E-state index contributed by atoms with van der Waals surface area (Å²) in [6.45, 7) is 5.30. The smallest absolute Gasteiger partial charge is 0.187 e. The van der Waals surface area contributed by atoms with Crippen molar-refractivity contribution in [3.8, 4) is 17.1 Å². The molecule has 0 radical (unpaired) electrons. The second-order valence-corrected chi connectivity index (χ2v) is 23.1. The highest BCUT2D eigenvalue weighted by Gasteiger charge is 2.66. The summed E-state index contributed by atoms with van der Waals surface area (Å²) >= 11 is 0. The Kier molecular flexibility index (Phi) is 19.1. The molecule has 31 nitrogen and oxygen atoms in total. The molecule has 2 aromatic carbocycles. The van der Waals surface area contributed by atoms with Crippen molar-refractivity contribution in [1.82, 2.24) is 64.7 Å². The molecule has 5 fully saturated rings. The molecule has 1 aliphatic carbocycles. The molecule has 18 N–H and O–H groups in total. The predicted octanol–water partition coefficient (Wildman–Crippen LogP) is -4.95. The van der Waals surface area contributed by atoms with Crippen LogP contribution in [0.2, 0.25) is 0 Å². The number of benzene rings is 2.